The van der Waals surface area contributed by atoms with E-state index in [-0.39, 0.29) is 6.10 Å². The maximum atomic E-state index is 10.0. The van der Waals surface area contributed by atoms with Gasteiger partial charge in [-0.25, -0.2) is 0 Å². The van der Waals surface area contributed by atoms with E-state index in [4.69, 9.17) is 0 Å². The molecule has 0 amide bonds. The van der Waals surface area contributed by atoms with Gasteiger partial charge in [0.25, 0.3) is 0 Å². The topological polar surface area (TPSA) is 26.7 Å². The molecule has 106 valence electrons. The van der Waals surface area contributed by atoms with Gasteiger partial charge >= 0.3 is 0 Å². The van der Waals surface area contributed by atoms with E-state index in [0.717, 1.165) is 18.8 Å². The van der Waals surface area contributed by atoms with Crippen LogP contribution in [0.4, 0.5) is 0 Å². The predicted molar refractivity (Wildman–Crippen MR) is 75.7 cm³/mol. The lowest BCUT2D eigenvalue weighted by molar-refractivity contribution is -0.0256. The van der Waals surface area contributed by atoms with Crippen LogP contribution >= 0.6 is 0 Å². The van der Waals surface area contributed by atoms with Crippen LogP contribution in [0.2, 0.25) is 0 Å². The average Bonchev–Trinajstić information content (AvgIpc) is 2.28. The highest BCUT2D eigenvalue weighted by atomic mass is 16.3. The molecule has 1 N–H and O–H groups in total. The van der Waals surface area contributed by atoms with Crippen LogP contribution in [0.1, 0.15) is 40.0 Å². The molecule has 0 aromatic rings. The standard InChI is InChI=1S/C15H30N2O/c1-15(2,3)13-6-5-12(18)11-14(13)17-9-7-16(4)8-10-17/h12-14,18H,5-11H2,1-4H3. The lowest BCUT2D eigenvalue weighted by Gasteiger charge is -2.49. The number of aliphatic hydroxyl groups is 1. The molecule has 2 rings (SSSR count). The van der Waals surface area contributed by atoms with Crippen molar-refractivity contribution in [2.75, 3.05) is 33.2 Å². The van der Waals surface area contributed by atoms with Crippen molar-refractivity contribution >= 4 is 0 Å². The van der Waals surface area contributed by atoms with Crippen molar-refractivity contribution in [3.8, 4) is 0 Å². The van der Waals surface area contributed by atoms with Gasteiger partial charge < -0.3 is 10.0 Å². The average molecular weight is 254 g/mol. The Morgan fingerprint density at radius 3 is 2.17 bits per heavy atom. The van der Waals surface area contributed by atoms with Crippen LogP contribution in [-0.4, -0.2) is 60.3 Å². The van der Waals surface area contributed by atoms with Gasteiger partial charge in [0.05, 0.1) is 6.10 Å². The fourth-order valence-corrected chi connectivity index (χ4v) is 3.69. The van der Waals surface area contributed by atoms with Crippen molar-refractivity contribution in [3.63, 3.8) is 0 Å². The second-order valence-corrected chi connectivity index (χ2v) is 7.35. The third-order valence-corrected chi connectivity index (χ3v) is 4.91. The summed E-state index contributed by atoms with van der Waals surface area (Å²) < 4.78 is 0. The normalized spacial score (nSPS) is 36.8. The van der Waals surface area contributed by atoms with Crippen molar-refractivity contribution in [3.05, 3.63) is 0 Å². The highest BCUT2D eigenvalue weighted by Crippen LogP contribution is 2.40. The molecule has 0 aromatic carbocycles. The molecule has 3 atom stereocenters. The van der Waals surface area contributed by atoms with E-state index < -0.39 is 0 Å². The Labute approximate surface area is 112 Å². The van der Waals surface area contributed by atoms with Gasteiger partial charge in [0.2, 0.25) is 0 Å². The van der Waals surface area contributed by atoms with Crippen LogP contribution in [-0.2, 0) is 0 Å². The van der Waals surface area contributed by atoms with Crippen molar-refractivity contribution in [1.82, 2.24) is 9.80 Å². The van der Waals surface area contributed by atoms with Crippen LogP contribution in [0.25, 0.3) is 0 Å². The Morgan fingerprint density at radius 2 is 1.61 bits per heavy atom. The number of nitrogens with zero attached hydrogens (tertiary/aromatic N) is 2. The minimum absolute atomic E-state index is 0.0757. The molecular weight excluding hydrogens is 224 g/mol. The zero-order valence-corrected chi connectivity index (χ0v) is 12.5. The third-order valence-electron chi connectivity index (χ3n) is 4.91. The summed E-state index contributed by atoms with van der Waals surface area (Å²) in [7, 11) is 2.20. The molecule has 0 bridgehead atoms. The van der Waals surface area contributed by atoms with Gasteiger partial charge in [0.1, 0.15) is 0 Å². The summed E-state index contributed by atoms with van der Waals surface area (Å²) in [5.74, 6) is 0.726. The number of aliphatic hydroxyl groups excluding tert-OH is 1. The Morgan fingerprint density at radius 1 is 1.00 bits per heavy atom. The molecule has 3 heteroatoms. The predicted octanol–water partition coefficient (Wildman–Crippen LogP) is 1.81. The van der Waals surface area contributed by atoms with Crippen LogP contribution in [0, 0.1) is 11.3 Å². The monoisotopic (exact) mass is 254 g/mol. The van der Waals surface area contributed by atoms with Gasteiger partial charge in [-0.15, -0.1) is 0 Å². The molecule has 3 nitrogen and oxygen atoms in total. The summed E-state index contributed by atoms with van der Waals surface area (Å²) in [6.07, 6.45) is 3.08. The van der Waals surface area contributed by atoms with E-state index in [2.05, 4.69) is 37.6 Å². The lowest BCUT2D eigenvalue weighted by Crippen LogP contribution is -2.55. The first-order chi connectivity index (χ1) is 8.38. The molecule has 0 radical (unpaired) electrons. The van der Waals surface area contributed by atoms with Gasteiger partial charge in [-0.2, -0.15) is 0 Å². The lowest BCUT2D eigenvalue weighted by atomic mass is 9.68. The van der Waals surface area contributed by atoms with Crippen molar-refractivity contribution in [2.24, 2.45) is 11.3 Å². The van der Waals surface area contributed by atoms with Crippen molar-refractivity contribution in [2.45, 2.75) is 52.2 Å². The van der Waals surface area contributed by atoms with Crippen LogP contribution < -0.4 is 0 Å². The highest BCUT2D eigenvalue weighted by molar-refractivity contribution is 4.93. The summed E-state index contributed by atoms with van der Waals surface area (Å²) in [5.41, 5.74) is 0.355. The third kappa shape index (κ3) is 3.25. The van der Waals surface area contributed by atoms with Crippen LogP contribution in [0.3, 0.4) is 0 Å². The molecule has 1 saturated carbocycles. The molecule has 18 heavy (non-hydrogen) atoms. The second-order valence-electron chi connectivity index (χ2n) is 7.35. The minimum Gasteiger partial charge on any atom is -0.393 e. The first-order valence-corrected chi connectivity index (χ1v) is 7.48. The summed E-state index contributed by atoms with van der Waals surface area (Å²) in [6.45, 7) is 11.8. The summed E-state index contributed by atoms with van der Waals surface area (Å²) in [5, 5.41) is 10.0. The Hall–Kier alpha value is -0.120. The number of hydrogen-bond donors (Lipinski definition) is 1. The quantitative estimate of drug-likeness (QED) is 0.773. The van der Waals surface area contributed by atoms with Gasteiger partial charge in [-0.3, -0.25) is 4.90 Å². The van der Waals surface area contributed by atoms with Crippen LogP contribution in [0.5, 0.6) is 0 Å². The highest BCUT2D eigenvalue weighted by Gasteiger charge is 2.40. The Kier molecular flexibility index (Phi) is 4.35. The number of rotatable bonds is 1. The van der Waals surface area contributed by atoms with Crippen molar-refractivity contribution < 1.29 is 5.11 Å². The number of hydrogen-bond acceptors (Lipinski definition) is 3. The van der Waals surface area contributed by atoms with Gasteiger partial charge in [0.15, 0.2) is 0 Å². The Balaban J connectivity index is 2.05. The van der Waals surface area contributed by atoms with Crippen molar-refractivity contribution in [1.29, 1.82) is 0 Å². The molecular formula is C15H30N2O. The smallest absolute Gasteiger partial charge is 0.0555 e. The van der Waals surface area contributed by atoms with E-state index in [1.54, 1.807) is 0 Å². The maximum Gasteiger partial charge on any atom is 0.0555 e. The molecule has 2 aliphatic rings. The molecule has 2 fully saturated rings. The first kappa shape index (κ1) is 14.3. The molecule has 0 spiro atoms. The molecule has 1 aliphatic heterocycles. The van der Waals surface area contributed by atoms with E-state index in [1.807, 2.05) is 0 Å². The van der Waals surface area contributed by atoms with Gasteiger partial charge in [-0.05, 0) is 37.6 Å². The summed E-state index contributed by atoms with van der Waals surface area (Å²) in [6, 6.07) is 0.586. The number of piperazine rings is 1. The molecule has 1 heterocycles. The van der Waals surface area contributed by atoms with E-state index in [9.17, 15) is 5.11 Å². The molecule has 1 saturated heterocycles. The van der Waals surface area contributed by atoms with E-state index >= 15 is 0 Å². The van der Waals surface area contributed by atoms with E-state index in [1.165, 1.54) is 32.6 Å². The second kappa shape index (κ2) is 5.48. The fraction of sp³-hybridized carbons (Fsp3) is 1.00. The maximum absolute atomic E-state index is 10.0. The summed E-state index contributed by atoms with van der Waals surface area (Å²) in [4.78, 5) is 5.04. The van der Waals surface area contributed by atoms with Gasteiger partial charge in [-0.1, -0.05) is 20.8 Å². The van der Waals surface area contributed by atoms with Gasteiger partial charge in [0, 0.05) is 32.2 Å². The molecule has 1 aliphatic carbocycles. The molecule has 3 unspecified atom stereocenters. The van der Waals surface area contributed by atoms with E-state index in [0.29, 0.717) is 11.5 Å². The first-order valence-electron chi connectivity index (χ1n) is 7.48. The fourth-order valence-electron chi connectivity index (χ4n) is 3.69. The molecule has 0 aromatic heterocycles. The number of likely N-dealkylation sites (N-methyl/N-ethyl adjacent to an activating group) is 1. The zero-order chi connectivity index (χ0) is 13.3. The Bertz CT molecular complexity index is 266. The summed E-state index contributed by atoms with van der Waals surface area (Å²) >= 11 is 0. The SMILES string of the molecule is CN1CCN(C2CC(O)CCC2C(C)(C)C)CC1. The van der Waals surface area contributed by atoms with Crippen LogP contribution in [0.15, 0.2) is 0 Å². The minimum atomic E-state index is -0.0757. The largest absolute Gasteiger partial charge is 0.393 e. The zero-order valence-electron chi connectivity index (χ0n) is 12.5.